The van der Waals surface area contributed by atoms with E-state index in [0.717, 1.165) is 6.04 Å². The Labute approximate surface area is 81.9 Å². The molecule has 0 unspecified atom stereocenters. The second-order valence-electron chi connectivity index (χ2n) is 5.12. The number of nitrogens with zero attached hydrogens (tertiary/aromatic N) is 2. The van der Waals surface area contributed by atoms with E-state index in [1.807, 2.05) is 0 Å². The van der Waals surface area contributed by atoms with E-state index in [0.29, 0.717) is 5.41 Å². The van der Waals surface area contributed by atoms with Crippen LogP contribution in [0, 0.1) is 5.41 Å². The van der Waals surface area contributed by atoms with E-state index in [9.17, 15) is 0 Å². The summed E-state index contributed by atoms with van der Waals surface area (Å²) >= 11 is 0. The zero-order valence-corrected chi connectivity index (χ0v) is 9.21. The fourth-order valence-electron chi connectivity index (χ4n) is 2.79. The van der Waals surface area contributed by atoms with Crippen molar-refractivity contribution >= 4 is 0 Å². The lowest BCUT2D eigenvalue weighted by Crippen LogP contribution is -2.57. The van der Waals surface area contributed by atoms with Crippen LogP contribution >= 0.6 is 0 Å². The van der Waals surface area contributed by atoms with Crippen molar-refractivity contribution in [2.45, 2.75) is 33.2 Å². The highest BCUT2D eigenvalue weighted by atomic mass is 15.3. The predicted molar refractivity (Wildman–Crippen MR) is 55.9 cm³/mol. The molecular weight excluding hydrogens is 160 g/mol. The van der Waals surface area contributed by atoms with Gasteiger partial charge in [0.05, 0.1) is 0 Å². The first-order valence-corrected chi connectivity index (χ1v) is 5.62. The Hall–Kier alpha value is -0.0800. The monoisotopic (exact) mass is 182 g/mol. The van der Waals surface area contributed by atoms with Gasteiger partial charge in [-0.05, 0) is 33.4 Å². The first kappa shape index (κ1) is 9.47. The Morgan fingerprint density at radius 3 is 2.38 bits per heavy atom. The van der Waals surface area contributed by atoms with E-state index >= 15 is 0 Å². The Morgan fingerprint density at radius 1 is 1.23 bits per heavy atom. The molecule has 1 spiro atoms. The third kappa shape index (κ3) is 1.62. The van der Waals surface area contributed by atoms with Crippen LogP contribution < -0.4 is 0 Å². The van der Waals surface area contributed by atoms with Crippen LogP contribution in [-0.4, -0.2) is 48.6 Å². The zero-order chi connectivity index (χ0) is 9.47. The van der Waals surface area contributed by atoms with Crippen molar-refractivity contribution in [3.05, 3.63) is 0 Å². The fourth-order valence-corrected chi connectivity index (χ4v) is 2.79. The van der Waals surface area contributed by atoms with Crippen molar-refractivity contribution in [2.75, 3.05) is 32.7 Å². The molecule has 2 aliphatic rings. The standard InChI is InChI=1S/C11H22N2/c1-4-12-7-11(8-12)5-6-13(9-11)10(2)3/h10H,4-9H2,1-3H3. The normalized spacial score (nSPS) is 28.6. The molecule has 0 N–H and O–H groups in total. The largest absolute Gasteiger partial charge is 0.302 e. The summed E-state index contributed by atoms with van der Waals surface area (Å²) in [6, 6.07) is 0.745. The number of rotatable bonds is 2. The van der Waals surface area contributed by atoms with Crippen LogP contribution in [-0.2, 0) is 0 Å². The molecular formula is C11H22N2. The highest BCUT2D eigenvalue weighted by Crippen LogP contribution is 2.39. The summed E-state index contributed by atoms with van der Waals surface area (Å²) in [4.78, 5) is 5.19. The van der Waals surface area contributed by atoms with Gasteiger partial charge in [-0.3, -0.25) is 0 Å². The Bertz CT molecular complexity index is 183. The number of likely N-dealkylation sites (tertiary alicyclic amines) is 2. The molecule has 76 valence electrons. The molecule has 0 aromatic heterocycles. The molecule has 0 aliphatic carbocycles. The van der Waals surface area contributed by atoms with Crippen molar-refractivity contribution in [1.29, 1.82) is 0 Å². The summed E-state index contributed by atoms with van der Waals surface area (Å²) in [7, 11) is 0. The molecule has 0 aromatic carbocycles. The van der Waals surface area contributed by atoms with E-state index in [4.69, 9.17) is 0 Å². The fraction of sp³-hybridized carbons (Fsp3) is 1.00. The lowest BCUT2D eigenvalue weighted by molar-refractivity contribution is 0.0107. The molecule has 0 radical (unpaired) electrons. The molecule has 2 rings (SSSR count). The summed E-state index contributed by atoms with van der Waals surface area (Å²) in [5, 5.41) is 0. The highest BCUT2D eigenvalue weighted by Gasteiger charge is 2.46. The molecule has 2 fully saturated rings. The third-order valence-electron chi connectivity index (χ3n) is 3.76. The maximum Gasteiger partial charge on any atom is 0.00970 e. The summed E-state index contributed by atoms with van der Waals surface area (Å²) in [6.07, 6.45) is 1.43. The van der Waals surface area contributed by atoms with Gasteiger partial charge in [-0.1, -0.05) is 6.92 Å². The van der Waals surface area contributed by atoms with Gasteiger partial charge in [-0.15, -0.1) is 0 Å². The van der Waals surface area contributed by atoms with E-state index in [2.05, 4.69) is 30.6 Å². The van der Waals surface area contributed by atoms with Crippen molar-refractivity contribution in [3.63, 3.8) is 0 Å². The topological polar surface area (TPSA) is 6.48 Å². The quantitative estimate of drug-likeness (QED) is 0.637. The Balaban J connectivity index is 1.86. The molecule has 2 heterocycles. The zero-order valence-electron chi connectivity index (χ0n) is 9.21. The van der Waals surface area contributed by atoms with Gasteiger partial charge in [-0.2, -0.15) is 0 Å². The van der Waals surface area contributed by atoms with E-state index in [1.54, 1.807) is 0 Å². The van der Waals surface area contributed by atoms with Crippen LogP contribution in [0.25, 0.3) is 0 Å². The lowest BCUT2D eigenvalue weighted by atomic mass is 9.79. The second-order valence-corrected chi connectivity index (χ2v) is 5.12. The summed E-state index contributed by atoms with van der Waals surface area (Å²) in [5.74, 6) is 0. The van der Waals surface area contributed by atoms with Gasteiger partial charge in [0.25, 0.3) is 0 Å². The van der Waals surface area contributed by atoms with Gasteiger partial charge in [-0.25, -0.2) is 0 Å². The molecule has 0 bridgehead atoms. The van der Waals surface area contributed by atoms with Gasteiger partial charge in [0.1, 0.15) is 0 Å². The van der Waals surface area contributed by atoms with Crippen LogP contribution in [0.5, 0.6) is 0 Å². The lowest BCUT2D eigenvalue weighted by Gasteiger charge is -2.48. The first-order chi connectivity index (χ1) is 6.15. The van der Waals surface area contributed by atoms with Crippen molar-refractivity contribution < 1.29 is 0 Å². The van der Waals surface area contributed by atoms with Crippen molar-refractivity contribution in [2.24, 2.45) is 5.41 Å². The van der Waals surface area contributed by atoms with Crippen LogP contribution in [0.3, 0.4) is 0 Å². The molecule has 2 saturated heterocycles. The van der Waals surface area contributed by atoms with Gasteiger partial charge >= 0.3 is 0 Å². The molecule has 13 heavy (non-hydrogen) atoms. The Morgan fingerprint density at radius 2 is 1.92 bits per heavy atom. The average molecular weight is 182 g/mol. The molecule has 2 aliphatic heterocycles. The number of hydrogen-bond acceptors (Lipinski definition) is 2. The maximum absolute atomic E-state index is 2.63. The van der Waals surface area contributed by atoms with Crippen LogP contribution in [0.4, 0.5) is 0 Å². The van der Waals surface area contributed by atoms with Crippen molar-refractivity contribution in [1.82, 2.24) is 9.80 Å². The Kier molecular flexibility index (Phi) is 2.37. The summed E-state index contributed by atoms with van der Waals surface area (Å²) < 4.78 is 0. The van der Waals surface area contributed by atoms with Crippen LogP contribution in [0.2, 0.25) is 0 Å². The van der Waals surface area contributed by atoms with Gasteiger partial charge < -0.3 is 9.80 Å². The average Bonchev–Trinajstić information content (AvgIpc) is 2.45. The highest BCUT2D eigenvalue weighted by molar-refractivity contribution is 5.01. The first-order valence-electron chi connectivity index (χ1n) is 5.62. The van der Waals surface area contributed by atoms with Crippen LogP contribution in [0.1, 0.15) is 27.2 Å². The van der Waals surface area contributed by atoms with Gasteiger partial charge in [0.15, 0.2) is 0 Å². The minimum atomic E-state index is 0.695. The second kappa shape index (κ2) is 3.25. The molecule has 2 nitrogen and oxygen atoms in total. The molecule has 0 amide bonds. The van der Waals surface area contributed by atoms with E-state index < -0.39 is 0 Å². The minimum Gasteiger partial charge on any atom is -0.302 e. The molecule has 0 saturated carbocycles. The van der Waals surface area contributed by atoms with Gasteiger partial charge in [0, 0.05) is 31.1 Å². The SMILES string of the molecule is CCN1CC2(CCN(C(C)C)C2)C1. The third-order valence-corrected chi connectivity index (χ3v) is 3.76. The van der Waals surface area contributed by atoms with Gasteiger partial charge in [0.2, 0.25) is 0 Å². The molecule has 0 atom stereocenters. The van der Waals surface area contributed by atoms with Crippen molar-refractivity contribution in [3.8, 4) is 0 Å². The summed E-state index contributed by atoms with van der Waals surface area (Å²) in [5.41, 5.74) is 0.695. The van der Waals surface area contributed by atoms with E-state index in [-0.39, 0.29) is 0 Å². The molecule has 2 heteroatoms. The maximum atomic E-state index is 2.63. The van der Waals surface area contributed by atoms with Crippen LogP contribution in [0.15, 0.2) is 0 Å². The number of hydrogen-bond donors (Lipinski definition) is 0. The molecule has 0 aromatic rings. The minimum absolute atomic E-state index is 0.695. The van der Waals surface area contributed by atoms with E-state index in [1.165, 1.54) is 39.1 Å². The predicted octanol–water partition coefficient (Wildman–Crippen LogP) is 1.42. The summed E-state index contributed by atoms with van der Waals surface area (Å²) in [6.45, 7) is 13.5. The smallest absolute Gasteiger partial charge is 0.00970 e.